The van der Waals surface area contributed by atoms with Crippen LogP contribution in [0.1, 0.15) is 5.56 Å². The average molecular weight is 476 g/mol. The highest BCUT2D eigenvalue weighted by atomic mass is 16.1. The standard InChI is InChI=1S/C28H25N7O/c1-35(2)25(26(29)36)15-18-6-5-7-20(14-18)27-33-24-9-4-3-8-23(24)28(34-27)32-22-12-10-19(11-13-22)21-16-30-31-17-21/h3-17H,1-2H3,(H2,29,36)(H,30,31)(H,32,33,34)/b25-15+. The minimum Gasteiger partial charge on any atom is -0.373 e. The zero-order chi connectivity index (χ0) is 25.1. The maximum atomic E-state index is 11.8. The number of fused-ring (bicyclic) bond motifs is 1. The third-order valence-corrected chi connectivity index (χ3v) is 5.76. The molecule has 0 aliphatic rings. The number of primary amides is 1. The molecule has 3 aromatic carbocycles. The highest BCUT2D eigenvalue weighted by Crippen LogP contribution is 2.29. The molecule has 0 unspecified atom stereocenters. The Kier molecular flexibility index (Phi) is 6.15. The summed E-state index contributed by atoms with van der Waals surface area (Å²) in [5.74, 6) is 0.795. The lowest BCUT2D eigenvalue weighted by molar-refractivity contribution is -0.115. The second-order valence-corrected chi connectivity index (χ2v) is 8.52. The predicted molar refractivity (Wildman–Crippen MR) is 143 cm³/mol. The molecular formula is C28H25N7O. The van der Waals surface area contributed by atoms with Crippen molar-refractivity contribution in [3.05, 3.63) is 96.5 Å². The van der Waals surface area contributed by atoms with Gasteiger partial charge in [-0.2, -0.15) is 5.10 Å². The second-order valence-electron chi connectivity index (χ2n) is 8.52. The van der Waals surface area contributed by atoms with Crippen molar-refractivity contribution in [1.29, 1.82) is 0 Å². The van der Waals surface area contributed by atoms with Crippen LogP contribution in [0.4, 0.5) is 11.5 Å². The number of hydrogen-bond acceptors (Lipinski definition) is 6. The van der Waals surface area contributed by atoms with E-state index in [1.165, 1.54) is 0 Å². The minimum absolute atomic E-state index is 0.410. The normalized spacial score (nSPS) is 11.4. The monoisotopic (exact) mass is 475 g/mol. The van der Waals surface area contributed by atoms with Gasteiger partial charge in [-0.1, -0.05) is 42.5 Å². The largest absolute Gasteiger partial charge is 0.373 e. The van der Waals surface area contributed by atoms with Gasteiger partial charge in [0, 0.05) is 42.5 Å². The highest BCUT2D eigenvalue weighted by Gasteiger charge is 2.12. The van der Waals surface area contributed by atoms with Gasteiger partial charge in [-0.15, -0.1) is 0 Å². The molecule has 0 bridgehead atoms. The number of hydrogen-bond donors (Lipinski definition) is 3. The lowest BCUT2D eigenvalue weighted by atomic mass is 10.1. The van der Waals surface area contributed by atoms with Crippen LogP contribution in [0.25, 0.3) is 39.5 Å². The van der Waals surface area contributed by atoms with Crippen LogP contribution in [-0.4, -0.2) is 45.1 Å². The summed E-state index contributed by atoms with van der Waals surface area (Å²) < 4.78 is 0. The first-order valence-corrected chi connectivity index (χ1v) is 11.4. The summed E-state index contributed by atoms with van der Waals surface area (Å²) in [6.45, 7) is 0. The van der Waals surface area contributed by atoms with Crippen molar-refractivity contribution in [3.8, 4) is 22.5 Å². The SMILES string of the molecule is CN(C)/C(=C/c1cccc(-c2nc(Nc3ccc(-c4cn[nH]c4)cc3)c3ccccc3n2)c1)C(N)=O. The van der Waals surface area contributed by atoms with Gasteiger partial charge in [-0.3, -0.25) is 9.89 Å². The number of nitrogens with zero attached hydrogens (tertiary/aromatic N) is 4. The number of carbonyl (C=O) groups is 1. The number of aromatic nitrogens is 4. The van der Waals surface area contributed by atoms with E-state index in [2.05, 4.69) is 15.5 Å². The highest BCUT2D eigenvalue weighted by molar-refractivity contribution is 5.96. The van der Waals surface area contributed by atoms with Gasteiger partial charge in [-0.25, -0.2) is 9.97 Å². The lowest BCUT2D eigenvalue weighted by Gasteiger charge is -2.14. The number of nitrogens with two attached hydrogens (primary N) is 1. The number of amides is 1. The van der Waals surface area contributed by atoms with Gasteiger partial charge < -0.3 is 16.0 Å². The third kappa shape index (κ3) is 4.78. The molecule has 178 valence electrons. The molecule has 0 radical (unpaired) electrons. The number of aromatic amines is 1. The van der Waals surface area contributed by atoms with Crippen LogP contribution in [-0.2, 0) is 4.79 Å². The van der Waals surface area contributed by atoms with Gasteiger partial charge in [0.1, 0.15) is 11.5 Å². The van der Waals surface area contributed by atoms with Gasteiger partial charge in [0.15, 0.2) is 5.82 Å². The molecule has 0 saturated heterocycles. The average Bonchev–Trinajstić information content (AvgIpc) is 3.43. The summed E-state index contributed by atoms with van der Waals surface area (Å²) >= 11 is 0. The zero-order valence-electron chi connectivity index (χ0n) is 19.9. The number of carbonyl (C=O) groups excluding carboxylic acids is 1. The van der Waals surface area contributed by atoms with Crippen molar-refractivity contribution in [1.82, 2.24) is 25.1 Å². The molecule has 36 heavy (non-hydrogen) atoms. The Bertz CT molecular complexity index is 1560. The Labute approximate surface area is 208 Å². The maximum Gasteiger partial charge on any atom is 0.264 e. The number of H-pyrrole nitrogens is 1. The topological polar surface area (TPSA) is 113 Å². The van der Waals surface area contributed by atoms with Gasteiger partial charge in [-0.05, 0) is 47.5 Å². The smallest absolute Gasteiger partial charge is 0.264 e. The first kappa shape index (κ1) is 22.8. The molecule has 8 heteroatoms. The van der Waals surface area contributed by atoms with Crippen LogP contribution in [0.15, 0.2) is 90.9 Å². The second kappa shape index (κ2) is 9.71. The van der Waals surface area contributed by atoms with E-state index in [9.17, 15) is 4.79 Å². The zero-order valence-corrected chi connectivity index (χ0v) is 19.9. The molecule has 2 heterocycles. The first-order valence-electron chi connectivity index (χ1n) is 11.4. The minimum atomic E-state index is -0.488. The Morgan fingerprint density at radius 1 is 0.944 bits per heavy atom. The third-order valence-electron chi connectivity index (χ3n) is 5.76. The van der Waals surface area contributed by atoms with Crippen molar-refractivity contribution in [2.75, 3.05) is 19.4 Å². The molecule has 1 amide bonds. The molecule has 0 saturated carbocycles. The van der Waals surface area contributed by atoms with E-state index in [0.29, 0.717) is 17.3 Å². The summed E-state index contributed by atoms with van der Waals surface area (Å²) in [4.78, 5) is 23.2. The van der Waals surface area contributed by atoms with E-state index in [1.54, 1.807) is 31.3 Å². The van der Waals surface area contributed by atoms with Crippen molar-refractivity contribution in [2.24, 2.45) is 5.73 Å². The molecule has 0 spiro atoms. The van der Waals surface area contributed by atoms with Crippen LogP contribution in [0.2, 0.25) is 0 Å². The molecule has 8 nitrogen and oxygen atoms in total. The summed E-state index contributed by atoms with van der Waals surface area (Å²) in [5.41, 5.74) is 11.4. The molecule has 0 fully saturated rings. The van der Waals surface area contributed by atoms with Gasteiger partial charge in [0.2, 0.25) is 0 Å². The van der Waals surface area contributed by atoms with Gasteiger partial charge in [0.05, 0.1) is 11.7 Å². The Balaban J connectivity index is 1.52. The van der Waals surface area contributed by atoms with Crippen molar-refractivity contribution in [2.45, 2.75) is 0 Å². The lowest BCUT2D eigenvalue weighted by Crippen LogP contribution is -2.25. The number of likely N-dealkylation sites (N-methyl/N-ethyl adjacent to an activating group) is 1. The van der Waals surface area contributed by atoms with Gasteiger partial charge in [0.25, 0.3) is 5.91 Å². The van der Waals surface area contributed by atoms with Gasteiger partial charge >= 0.3 is 0 Å². The number of anilines is 2. The van der Waals surface area contributed by atoms with Crippen molar-refractivity contribution in [3.63, 3.8) is 0 Å². The van der Waals surface area contributed by atoms with E-state index in [-0.39, 0.29) is 0 Å². The molecule has 0 aliphatic carbocycles. The summed E-state index contributed by atoms with van der Waals surface area (Å²) in [6, 6.07) is 23.7. The molecule has 5 rings (SSSR count). The van der Waals surface area contributed by atoms with Crippen LogP contribution in [0.3, 0.4) is 0 Å². The Hall–Kier alpha value is -4.98. The van der Waals surface area contributed by atoms with E-state index < -0.39 is 5.91 Å². The quantitative estimate of drug-likeness (QED) is 0.291. The molecule has 0 atom stereocenters. The van der Waals surface area contributed by atoms with Crippen LogP contribution in [0.5, 0.6) is 0 Å². The maximum absolute atomic E-state index is 11.8. The number of para-hydroxylation sites is 1. The number of rotatable bonds is 7. The predicted octanol–water partition coefficient (Wildman–Crippen LogP) is 4.82. The molecule has 0 aliphatic heterocycles. The van der Waals surface area contributed by atoms with Crippen LogP contribution in [0, 0.1) is 0 Å². The fourth-order valence-electron chi connectivity index (χ4n) is 3.94. The molecule has 2 aromatic heterocycles. The Morgan fingerprint density at radius 3 is 2.47 bits per heavy atom. The van der Waals surface area contributed by atoms with E-state index in [1.807, 2.05) is 79.0 Å². The summed E-state index contributed by atoms with van der Waals surface area (Å²) in [6.07, 6.45) is 5.41. The van der Waals surface area contributed by atoms with E-state index >= 15 is 0 Å². The fraction of sp³-hybridized carbons (Fsp3) is 0.0714. The van der Waals surface area contributed by atoms with Crippen molar-refractivity contribution < 1.29 is 4.79 Å². The molecular weight excluding hydrogens is 450 g/mol. The first-order chi connectivity index (χ1) is 17.5. The Morgan fingerprint density at radius 2 is 1.75 bits per heavy atom. The van der Waals surface area contributed by atoms with E-state index in [0.717, 1.165) is 38.8 Å². The molecule has 4 N–H and O–H groups in total. The number of nitrogens with one attached hydrogen (secondary N) is 2. The van der Waals surface area contributed by atoms with E-state index in [4.69, 9.17) is 15.7 Å². The summed E-state index contributed by atoms with van der Waals surface area (Å²) in [7, 11) is 3.57. The van der Waals surface area contributed by atoms with Crippen molar-refractivity contribution >= 4 is 34.4 Å². The van der Waals surface area contributed by atoms with Crippen LogP contribution >= 0.6 is 0 Å². The van der Waals surface area contributed by atoms with Crippen LogP contribution < -0.4 is 11.1 Å². The summed E-state index contributed by atoms with van der Waals surface area (Å²) in [5, 5.41) is 11.2. The fourth-order valence-corrected chi connectivity index (χ4v) is 3.94. The molecule has 5 aromatic rings. The number of benzene rings is 3.